The molecule has 4 heteroatoms. The molecule has 1 unspecified atom stereocenters. The molecular weight excluding hydrogens is 238 g/mol. The molecule has 1 aliphatic heterocycles. The molecule has 1 aromatic carbocycles. The number of hydrogen-bond acceptors (Lipinski definition) is 2. The fourth-order valence-corrected chi connectivity index (χ4v) is 2.31. The van der Waals surface area contributed by atoms with Gasteiger partial charge in [-0.05, 0) is 31.4 Å². The van der Waals surface area contributed by atoms with Gasteiger partial charge in [0, 0.05) is 19.6 Å². The van der Waals surface area contributed by atoms with Crippen molar-refractivity contribution in [3.8, 4) is 0 Å². The lowest BCUT2D eigenvalue weighted by molar-refractivity contribution is 0.00530. The van der Waals surface area contributed by atoms with E-state index in [0.29, 0.717) is 5.96 Å². The number of aliphatic imine (C=N–C) groups is 1. The first-order valence-corrected chi connectivity index (χ1v) is 6.88. The molecule has 0 amide bonds. The van der Waals surface area contributed by atoms with E-state index >= 15 is 0 Å². The molecule has 0 saturated carbocycles. The summed E-state index contributed by atoms with van der Waals surface area (Å²) in [6.07, 6.45) is 1.17. The number of rotatable bonds is 3. The van der Waals surface area contributed by atoms with Crippen LogP contribution in [-0.4, -0.2) is 43.2 Å². The average Bonchev–Trinajstić information content (AvgIpc) is 2.41. The largest absolute Gasteiger partial charge is 0.375 e. The molecule has 1 atom stereocenters. The van der Waals surface area contributed by atoms with E-state index in [0.717, 1.165) is 32.7 Å². The van der Waals surface area contributed by atoms with E-state index < -0.39 is 0 Å². The number of benzene rings is 1. The standard InChI is InChI=1S/C15H23N3O/c1-12-5-3-4-6-14(12)7-8-17-15(16)18-9-10-19-13(2)11-18/h3-6,13H,7-11H2,1-2H3,(H2,16,17). The molecule has 1 fully saturated rings. The summed E-state index contributed by atoms with van der Waals surface area (Å²) < 4.78 is 5.50. The fourth-order valence-electron chi connectivity index (χ4n) is 2.31. The Kier molecular flexibility index (Phi) is 4.80. The smallest absolute Gasteiger partial charge is 0.191 e. The van der Waals surface area contributed by atoms with Crippen molar-refractivity contribution >= 4 is 5.96 Å². The highest BCUT2D eigenvalue weighted by Crippen LogP contribution is 2.08. The Morgan fingerprint density at radius 1 is 1.47 bits per heavy atom. The lowest BCUT2D eigenvalue weighted by Crippen LogP contribution is -2.47. The summed E-state index contributed by atoms with van der Waals surface area (Å²) in [5.41, 5.74) is 8.69. The van der Waals surface area contributed by atoms with Crippen molar-refractivity contribution in [2.75, 3.05) is 26.2 Å². The third-order valence-electron chi connectivity index (χ3n) is 3.48. The second kappa shape index (κ2) is 6.57. The van der Waals surface area contributed by atoms with Crippen LogP contribution in [0.15, 0.2) is 29.3 Å². The molecule has 0 bridgehead atoms. The van der Waals surface area contributed by atoms with Crippen LogP contribution in [-0.2, 0) is 11.2 Å². The third kappa shape index (κ3) is 3.96. The first-order chi connectivity index (χ1) is 9.16. The van der Waals surface area contributed by atoms with Crippen molar-refractivity contribution in [1.82, 2.24) is 4.90 Å². The van der Waals surface area contributed by atoms with Gasteiger partial charge in [0.25, 0.3) is 0 Å². The maximum Gasteiger partial charge on any atom is 0.191 e. The molecule has 2 N–H and O–H groups in total. The minimum Gasteiger partial charge on any atom is -0.375 e. The normalized spacial score (nSPS) is 20.6. The molecule has 0 spiro atoms. The van der Waals surface area contributed by atoms with Gasteiger partial charge in [0.1, 0.15) is 0 Å². The molecule has 1 aromatic rings. The Morgan fingerprint density at radius 3 is 3.00 bits per heavy atom. The number of nitrogens with two attached hydrogens (primary N) is 1. The Morgan fingerprint density at radius 2 is 2.26 bits per heavy atom. The van der Waals surface area contributed by atoms with Gasteiger partial charge in [0.2, 0.25) is 0 Å². The van der Waals surface area contributed by atoms with Gasteiger partial charge in [0.15, 0.2) is 5.96 Å². The van der Waals surface area contributed by atoms with Crippen molar-refractivity contribution in [3.05, 3.63) is 35.4 Å². The molecule has 1 aliphatic rings. The Bertz CT molecular complexity index is 445. The predicted octanol–water partition coefficient (Wildman–Crippen LogP) is 1.57. The summed E-state index contributed by atoms with van der Waals surface area (Å²) in [7, 11) is 0. The maximum atomic E-state index is 6.03. The molecule has 2 rings (SSSR count). The lowest BCUT2D eigenvalue weighted by Gasteiger charge is -2.31. The maximum absolute atomic E-state index is 6.03. The summed E-state index contributed by atoms with van der Waals surface area (Å²) in [6, 6.07) is 8.41. The average molecular weight is 261 g/mol. The zero-order valence-electron chi connectivity index (χ0n) is 11.8. The van der Waals surface area contributed by atoms with Crippen molar-refractivity contribution in [3.63, 3.8) is 0 Å². The molecule has 0 aromatic heterocycles. The number of ether oxygens (including phenoxy) is 1. The van der Waals surface area contributed by atoms with Gasteiger partial charge in [-0.25, -0.2) is 0 Å². The van der Waals surface area contributed by atoms with E-state index in [1.807, 2.05) is 0 Å². The van der Waals surface area contributed by atoms with Crippen molar-refractivity contribution < 1.29 is 4.74 Å². The van der Waals surface area contributed by atoms with E-state index in [1.54, 1.807) is 0 Å². The minimum absolute atomic E-state index is 0.235. The number of hydrogen-bond donors (Lipinski definition) is 1. The number of guanidine groups is 1. The number of aryl methyl sites for hydroxylation is 1. The highest BCUT2D eigenvalue weighted by Gasteiger charge is 2.17. The van der Waals surface area contributed by atoms with Crippen LogP contribution in [0.3, 0.4) is 0 Å². The van der Waals surface area contributed by atoms with Crippen LogP contribution >= 0.6 is 0 Å². The van der Waals surface area contributed by atoms with Gasteiger partial charge in [0.05, 0.1) is 12.7 Å². The second-order valence-electron chi connectivity index (χ2n) is 5.04. The van der Waals surface area contributed by atoms with Gasteiger partial charge < -0.3 is 15.4 Å². The van der Waals surface area contributed by atoms with Crippen LogP contribution in [0.1, 0.15) is 18.1 Å². The molecule has 4 nitrogen and oxygen atoms in total. The molecule has 1 saturated heterocycles. The predicted molar refractivity (Wildman–Crippen MR) is 78.4 cm³/mol. The SMILES string of the molecule is Cc1ccccc1CCN=C(N)N1CCOC(C)C1. The Labute approximate surface area is 115 Å². The molecule has 0 aliphatic carbocycles. The molecule has 0 radical (unpaired) electrons. The molecule has 19 heavy (non-hydrogen) atoms. The Hall–Kier alpha value is -1.55. The summed E-state index contributed by atoms with van der Waals surface area (Å²) in [6.45, 7) is 7.33. The Balaban J connectivity index is 1.86. The second-order valence-corrected chi connectivity index (χ2v) is 5.04. The zero-order chi connectivity index (χ0) is 13.7. The third-order valence-corrected chi connectivity index (χ3v) is 3.48. The molecular formula is C15H23N3O. The van der Waals surface area contributed by atoms with E-state index in [1.165, 1.54) is 11.1 Å². The van der Waals surface area contributed by atoms with Gasteiger partial charge in [-0.3, -0.25) is 4.99 Å². The zero-order valence-corrected chi connectivity index (χ0v) is 11.8. The van der Waals surface area contributed by atoms with E-state index in [4.69, 9.17) is 10.5 Å². The first-order valence-electron chi connectivity index (χ1n) is 6.88. The van der Waals surface area contributed by atoms with E-state index in [2.05, 4.69) is 48.0 Å². The van der Waals surface area contributed by atoms with Crippen LogP contribution in [0.4, 0.5) is 0 Å². The van der Waals surface area contributed by atoms with E-state index in [-0.39, 0.29) is 6.10 Å². The summed E-state index contributed by atoms with van der Waals surface area (Å²) in [5.74, 6) is 0.642. The highest BCUT2D eigenvalue weighted by molar-refractivity contribution is 5.78. The minimum atomic E-state index is 0.235. The lowest BCUT2D eigenvalue weighted by atomic mass is 10.1. The summed E-state index contributed by atoms with van der Waals surface area (Å²) in [4.78, 5) is 6.59. The topological polar surface area (TPSA) is 50.8 Å². The van der Waals surface area contributed by atoms with Crippen molar-refractivity contribution in [2.45, 2.75) is 26.4 Å². The number of morpholine rings is 1. The summed E-state index contributed by atoms with van der Waals surface area (Å²) >= 11 is 0. The van der Waals surface area contributed by atoms with Gasteiger partial charge >= 0.3 is 0 Å². The number of nitrogens with zero attached hydrogens (tertiary/aromatic N) is 2. The van der Waals surface area contributed by atoms with Crippen LogP contribution in [0.2, 0.25) is 0 Å². The van der Waals surface area contributed by atoms with Crippen LogP contribution in [0, 0.1) is 6.92 Å². The first kappa shape index (κ1) is 13.9. The summed E-state index contributed by atoms with van der Waals surface area (Å²) in [5, 5.41) is 0. The monoisotopic (exact) mass is 261 g/mol. The molecule has 1 heterocycles. The van der Waals surface area contributed by atoms with Crippen molar-refractivity contribution in [2.24, 2.45) is 10.7 Å². The highest BCUT2D eigenvalue weighted by atomic mass is 16.5. The van der Waals surface area contributed by atoms with Gasteiger partial charge in [-0.2, -0.15) is 0 Å². The van der Waals surface area contributed by atoms with Crippen LogP contribution in [0.5, 0.6) is 0 Å². The molecule has 104 valence electrons. The van der Waals surface area contributed by atoms with Crippen LogP contribution in [0.25, 0.3) is 0 Å². The van der Waals surface area contributed by atoms with Gasteiger partial charge in [-0.1, -0.05) is 24.3 Å². The van der Waals surface area contributed by atoms with E-state index in [9.17, 15) is 0 Å². The quantitative estimate of drug-likeness (QED) is 0.664. The fraction of sp³-hybridized carbons (Fsp3) is 0.533. The van der Waals surface area contributed by atoms with Crippen molar-refractivity contribution in [1.29, 1.82) is 0 Å². The van der Waals surface area contributed by atoms with Crippen LogP contribution < -0.4 is 5.73 Å². The van der Waals surface area contributed by atoms with Gasteiger partial charge in [-0.15, -0.1) is 0 Å².